The van der Waals surface area contributed by atoms with E-state index < -0.39 is 0 Å². The third-order valence-corrected chi connectivity index (χ3v) is 5.99. The molecule has 0 bridgehead atoms. The Labute approximate surface area is 113 Å². The predicted octanol–water partition coefficient (Wildman–Crippen LogP) is 3.18. The lowest BCUT2D eigenvalue weighted by Gasteiger charge is -2.23. The molecule has 2 rings (SSSR count). The first-order valence-corrected chi connectivity index (χ1v) is 7.90. The van der Waals surface area contributed by atoms with E-state index in [2.05, 4.69) is 38.3 Å². The van der Waals surface area contributed by atoms with Crippen LogP contribution < -0.4 is 10.6 Å². The van der Waals surface area contributed by atoms with Crippen LogP contribution >= 0.6 is 0 Å². The third kappa shape index (κ3) is 2.91. The number of hydrogen-bond donors (Lipinski definition) is 2. The number of piperidine rings is 1. The first-order chi connectivity index (χ1) is 8.46. The molecule has 0 aromatic rings. The van der Waals surface area contributed by atoms with Crippen molar-refractivity contribution in [2.45, 2.75) is 65.8 Å². The fourth-order valence-corrected chi connectivity index (χ4v) is 3.73. The van der Waals surface area contributed by atoms with Gasteiger partial charge in [0.05, 0.1) is 0 Å². The molecule has 1 atom stereocenters. The highest BCUT2D eigenvalue weighted by atomic mass is 14.9. The smallest absolute Gasteiger partial charge is 0.00675 e. The average molecular weight is 252 g/mol. The second kappa shape index (κ2) is 5.50. The van der Waals surface area contributed by atoms with E-state index in [9.17, 15) is 0 Å². The van der Waals surface area contributed by atoms with Crippen LogP contribution in [0.5, 0.6) is 0 Å². The van der Waals surface area contributed by atoms with Gasteiger partial charge in [0, 0.05) is 6.04 Å². The predicted molar refractivity (Wildman–Crippen MR) is 78.8 cm³/mol. The zero-order valence-corrected chi connectivity index (χ0v) is 12.8. The summed E-state index contributed by atoms with van der Waals surface area (Å²) in [5.74, 6) is 0.859. The molecule has 0 spiro atoms. The van der Waals surface area contributed by atoms with E-state index in [1.54, 1.807) is 0 Å². The Balaban J connectivity index is 1.52. The van der Waals surface area contributed by atoms with Crippen molar-refractivity contribution in [1.29, 1.82) is 0 Å². The lowest BCUT2D eigenvalue weighted by molar-refractivity contribution is 0.371. The van der Waals surface area contributed by atoms with E-state index in [4.69, 9.17) is 0 Å². The van der Waals surface area contributed by atoms with Crippen molar-refractivity contribution in [3.05, 3.63) is 0 Å². The maximum atomic E-state index is 3.67. The molecule has 1 saturated heterocycles. The average Bonchev–Trinajstić information content (AvgIpc) is 2.72. The van der Waals surface area contributed by atoms with Gasteiger partial charge >= 0.3 is 0 Å². The van der Waals surface area contributed by atoms with Gasteiger partial charge in [0.1, 0.15) is 0 Å². The number of nitrogens with one attached hydrogen (secondary N) is 2. The van der Waals surface area contributed by atoms with Crippen LogP contribution in [0.15, 0.2) is 0 Å². The zero-order valence-electron chi connectivity index (χ0n) is 12.8. The highest BCUT2D eigenvalue weighted by Crippen LogP contribution is 2.67. The highest BCUT2D eigenvalue weighted by molar-refractivity contribution is 5.12. The van der Waals surface area contributed by atoms with Gasteiger partial charge in [0.25, 0.3) is 0 Å². The molecule has 1 aliphatic carbocycles. The molecule has 2 heteroatoms. The van der Waals surface area contributed by atoms with Crippen molar-refractivity contribution in [1.82, 2.24) is 10.6 Å². The first kappa shape index (κ1) is 14.3. The van der Waals surface area contributed by atoms with E-state index in [0.29, 0.717) is 10.8 Å². The van der Waals surface area contributed by atoms with Gasteiger partial charge in [0.15, 0.2) is 0 Å². The Hall–Kier alpha value is -0.0800. The molecule has 0 radical (unpaired) electrons. The van der Waals surface area contributed by atoms with E-state index in [1.165, 1.54) is 51.7 Å². The number of rotatable bonds is 6. The highest BCUT2D eigenvalue weighted by Gasteiger charge is 2.63. The fourth-order valence-electron chi connectivity index (χ4n) is 3.73. The molecule has 106 valence electrons. The molecular formula is C16H32N2. The van der Waals surface area contributed by atoms with Gasteiger partial charge < -0.3 is 10.6 Å². The van der Waals surface area contributed by atoms with Gasteiger partial charge in [-0.05, 0) is 62.1 Å². The number of hydrogen-bond acceptors (Lipinski definition) is 2. The van der Waals surface area contributed by atoms with Crippen molar-refractivity contribution in [2.24, 2.45) is 16.7 Å². The van der Waals surface area contributed by atoms with Crippen molar-refractivity contribution in [2.75, 3.05) is 19.6 Å². The normalized spacial score (nSPS) is 30.3. The fraction of sp³-hybridized carbons (Fsp3) is 1.00. The SMILES string of the molecule is CC1(C)C(CNCCCC2CCCCN2)C1(C)C. The van der Waals surface area contributed by atoms with Crippen LogP contribution in [0, 0.1) is 16.7 Å². The van der Waals surface area contributed by atoms with E-state index >= 15 is 0 Å². The molecule has 1 saturated carbocycles. The summed E-state index contributed by atoms with van der Waals surface area (Å²) in [5, 5.41) is 7.30. The summed E-state index contributed by atoms with van der Waals surface area (Å²) >= 11 is 0. The van der Waals surface area contributed by atoms with Gasteiger partial charge in [-0.15, -0.1) is 0 Å². The molecule has 1 aliphatic heterocycles. The molecule has 1 heterocycles. The van der Waals surface area contributed by atoms with E-state index in [1.807, 2.05) is 0 Å². The minimum Gasteiger partial charge on any atom is -0.316 e. The largest absolute Gasteiger partial charge is 0.316 e. The Bertz CT molecular complexity index is 250. The van der Waals surface area contributed by atoms with Crippen molar-refractivity contribution in [3.63, 3.8) is 0 Å². The Morgan fingerprint density at radius 3 is 2.39 bits per heavy atom. The van der Waals surface area contributed by atoms with Crippen LogP contribution in [-0.4, -0.2) is 25.7 Å². The third-order valence-electron chi connectivity index (χ3n) is 5.99. The monoisotopic (exact) mass is 252 g/mol. The van der Waals surface area contributed by atoms with Crippen LogP contribution in [0.2, 0.25) is 0 Å². The Morgan fingerprint density at radius 1 is 1.11 bits per heavy atom. The van der Waals surface area contributed by atoms with Crippen molar-refractivity contribution in [3.8, 4) is 0 Å². The van der Waals surface area contributed by atoms with Crippen LogP contribution in [0.3, 0.4) is 0 Å². The Kier molecular flexibility index (Phi) is 4.38. The summed E-state index contributed by atoms with van der Waals surface area (Å²) < 4.78 is 0. The van der Waals surface area contributed by atoms with Crippen LogP contribution in [0.1, 0.15) is 59.8 Å². The second-order valence-electron chi connectivity index (χ2n) is 7.49. The van der Waals surface area contributed by atoms with Gasteiger partial charge in [-0.1, -0.05) is 34.1 Å². The molecular weight excluding hydrogens is 220 g/mol. The summed E-state index contributed by atoms with van der Waals surface area (Å²) in [6.45, 7) is 13.3. The maximum absolute atomic E-state index is 3.67. The minimum atomic E-state index is 0.533. The first-order valence-electron chi connectivity index (χ1n) is 7.90. The molecule has 2 nitrogen and oxygen atoms in total. The second-order valence-corrected chi connectivity index (χ2v) is 7.49. The zero-order chi connectivity index (χ0) is 13.2. The van der Waals surface area contributed by atoms with Crippen LogP contribution in [-0.2, 0) is 0 Å². The lowest BCUT2D eigenvalue weighted by Crippen LogP contribution is -2.34. The molecule has 1 unspecified atom stereocenters. The quantitative estimate of drug-likeness (QED) is 0.710. The van der Waals surface area contributed by atoms with Gasteiger partial charge in [-0.3, -0.25) is 0 Å². The Morgan fingerprint density at radius 2 is 1.83 bits per heavy atom. The van der Waals surface area contributed by atoms with Crippen molar-refractivity contribution >= 4 is 0 Å². The van der Waals surface area contributed by atoms with E-state index in [-0.39, 0.29) is 0 Å². The topological polar surface area (TPSA) is 24.1 Å². The van der Waals surface area contributed by atoms with Gasteiger partial charge in [0.2, 0.25) is 0 Å². The molecule has 2 fully saturated rings. The molecule has 2 aliphatic rings. The molecule has 0 aromatic heterocycles. The minimum absolute atomic E-state index is 0.533. The lowest BCUT2D eigenvalue weighted by atomic mass is 10.0. The molecule has 0 amide bonds. The molecule has 18 heavy (non-hydrogen) atoms. The van der Waals surface area contributed by atoms with Crippen LogP contribution in [0.25, 0.3) is 0 Å². The summed E-state index contributed by atoms with van der Waals surface area (Å²) in [4.78, 5) is 0. The maximum Gasteiger partial charge on any atom is 0.00675 e. The van der Waals surface area contributed by atoms with Gasteiger partial charge in [-0.25, -0.2) is 0 Å². The summed E-state index contributed by atoms with van der Waals surface area (Å²) in [6, 6.07) is 0.800. The standard InChI is InChI=1S/C16H32N2/c1-15(2)14(16(15,3)4)12-17-10-7-9-13-8-5-6-11-18-13/h13-14,17-18H,5-12H2,1-4H3. The summed E-state index contributed by atoms with van der Waals surface area (Å²) in [5.41, 5.74) is 1.07. The summed E-state index contributed by atoms with van der Waals surface area (Å²) in [6.07, 6.45) is 6.87. The summed E-state index contributed by atoms with van der Waals surface area (Å²) in [7, 11) is 0. The molecule has 2 N–H and O–H groups in total. The van der Waals surface area contributed by atoms with Gasteiger partial charge in [-0.2, -0.15) is 0 Å². The van der Waals surface area contributed by atoms with Crippen LogP contribution in [0.4, 0.5) is 0 Å². The van der Waals surface area contributed by atoms with E-state index in [0.717, 1.165) is 12.0 Å². The van der Waals surface area contributed by atoms with Crippen molar-refractivity contribution < 1.29 is 0 Å². The molecule has 0 aromatic carbocycles.